The Kier molecular flexibility index (Phi) is 4.54. The van der Waals surface area contributed by atoms with Gasteiger partial charge in [0.25, 0.3) is 0 Å². The number of benzene rings is 2. The van der Waals surface area contributed by atoms with E-state index in [-0.39, 0.29) is 0 Å². The summed E-state index contributed by atoms with van der Waals surface area (Å²) in [5.74, 6) is 1.71. The van der Waals surface area contributed by atoms with Gasteiger partial charge in [0.15, 0.2) is 5.82 Å². The lowest BCUT2D eigenvalue weighted by Gasteiger charge is -2.08. The highest BCUT2D eigenvalue weighted by Gasteiger charge is 2.03. The highest BCUT2D eigenvalue weighted by molar-refractivity contribution is 6.30. The predicted molar refractivity (Wildman–Crippen MR) is 90.8 cm³/mol. The number of anilines is 4. The molecule has 1 aromatic heterocycles. The van der Waals surface area contributed by atoms with Crippen LogP contribution in [0.25, 0.3) is 0 Å². The summed E-state index contributed by atoms with van der Waals surface area (Å²) >= 11 is 5.87. The molecule has 0 unspecified atom stereocenters. The van der Waals surface area contributed by atoms with Crippen LogP contribution in [0.5, 0.6) is 5.75 Å². The minimum atomic E-state index is 0.386. The van der Waals surface area contributed by atoms with Gasteiger partial charge in [0.05, 0.1) is 13.3 Å². The maximum absolute atomic E-state index is 5.87. The number of rotatable bonds is 5. The number of aromatic nitrogens is 3. The predicted octanol–water partition coefficient (Wildman–Crippen LogP) is 4.02. The maximum Gasteiger partial charge on any atom is 0.249 e. The quantitative estimate of drug-likeness (QED) is 0.737. The summed E-state index contributed by atoms with van der Waals surface area (Å²) in [6, 6.07) is 14.8. The van der Waals surface area contributed by atoms with Gasteiger partial charge in [-0.15, -0.1) is 5.10 Å². The largest absolute Gasteiger partial charge is 0.497 e. The molecule has 0 radical (unpaired) electrons. The number of hydrogen-bond donors (Lipinski definition) is 2. The average Bonchev–Trinajstić information content (AvgIpc) is 2.57. The second-order valence-corrected chi connectivity index (χ2v) is 5.09. The number of nitrogens with one attached hydrogen (secondary N) is 2. The highest BCUT2D eigenvalue weighted by atomic mass is 35.5. The minimum absolute atomic E-state index is 0.386. The van der Waals surface area contributed by atoms with E-state index in [1.807, 2.05) is 36.4 Å². The van der Waals surface area contributed by atoms with Crippen LogP contribution in [0.4, 0.5) is 23.1 Å². The summed E-state index contributed by atoms with van der Waals surface area (Å²) in [6.07, 6.45) is 1.55. The van der Waals surface area contributed by atoms with Crippen LogP contribution in [0.1, 0.15) is 0 Å². The van der Waals surface area contributed by atoms with E-state index < -0.39 is 0 Å². The van der Waals surface area contributed by atoms with Gasteiger partial charge in [-0.05, 0) is 36.4 Å². The SMILES string of the molecule is COc1cccc(Nc2nncc(Nc3ccc(Cl)cc3)n2)c1. The van der Waals surface area contributed by atoms with E-state index in [1.54, 1.807) is 25.4 Å². The van der Waals surface area contributed by atoms with E-state index >= 15 is 0 Å². The minimum Gasteiger partial charge on any atom is -0.497 e. The van der Waals surface area contributed by atoms with Crippen molar-refractivity contribution in [1.29, 1.82) is 0 Å². The van der Waals surface area contributed by atoms with E-state index in [1.165, 1.54) is 0 Å². The number of ether oxygens (including phenoxy) is 1. The lowest BCUT2D eigenvalue weighted by molar-refractivity contribution is 0.415. The molecule has 3 aromatic rings. The van der Waals surface area contributed by atoms with Crippen molar-refractivity contribution in [2.75, 3.05) is 17.7 Å². The van der Waals surface area contributed by atoms with Gasteiger partial charge in [-0.1, -0.05) is 17.7 Å². The van der Waals surface area contributed by atoms with Gasteiger partial charge in [-0.2, -0.15) is 10.1 Å². The van der Waals surface area contributed by atoms with Crippen molar-refractivity contribution in [3.63, 3.8) is 0 Å². The van der Waals surface area contributed by atoms with Crippen molar-refractivity contribution in [3.05, 3.63) is 59.8 Å². The third-order valence-electron chi connectivity index (χ3n) is 3.00. The molecule has 0 aliphatic carbocycles. The fraction of sp³-hybridized carbons (Fsp3) is 0.0625. The molecule has 0 saturated carbocycles. The Labute approximate surface area is 138 Å². The van der Waals surface area contributed by atoms with E-state index in [0.29, 0.717) is 16.8 Å². The molecule has 0 spiro atoms. The summed E-state index contributed by atoms with van der Waals surface area (Å²) in [6.45, 7) is 0. The van der Waals surface area contributed by atoms with Gasteiger partial charge in [-0.25, -0.2) is 0 Å². The van der Waals surface area contributed by atoms with Gasteiger partial charge in [0, 0.05) is 22.5 Å². The van der Waals surface area contributed by atoms with Crippen LogP contribution in [0, 0.1) is 0 Å². The zero-order valence-corrected chi connectivity index (χ0v) is 13.1. The summed E-state index contributed by atoms with van der Waals surface area (Å²) in [5, 5.41) is 14.8. The molecule has 23 heavy (non-hydrogen) atoms. The van der Waals surface area contributed by atoms with Gasteiger partial charge < -0.3 is 15.4 Å². The standard InChI is InChI=1S/C16H14ClN5O/c1-23-14-4-2-3-13(9-14)20-16-21-15(10-18-22-16)19-12-7-5-11(17)6-8-12/h2-10H,1H3,(H2,19,20,21,22). The van der Waals surface area contributed by atoms with Crippen molar-refractivity contribution in [2.24, 2.45) is 0 Å². The molecule has 0 atom stereocenters. The van der Waals surface area contributed by atoms with Crippen molar-refractivity contribution < 1.29 is 4.74 Å². The normalized spacial score (nSPS) is 10.2. The first-order chi connectivity index (χ1) is 11.2. The molecule has 0 aliphatic heterocycles. The van der Waals surface area contributed by atoms with E-state index in [2.05, 4.69) is 25.8 Å². The molecule has 0 fully saturated rings. The van der Waals surface area contributed by atoms with Gasteiger partial charge in [0.1, 0.15) is 5.75 Å². The number of nitrogens with zero attached hydrogens (tertiary/aromatic N) is 3. The Morgan fingerprint density at radius 2 is 1.83 bits per heavy atom. The molecule has 7 heteroatoms. The van der Waals surface area contributed by atoms with Gasteiger partial charge in [0.2, 0.25) is 5.95 Å². The summed E-state index contributed by atoms with van der Waals surface area (Å²) < 4.78 is 5.19. The molecule has 2 aromatic carbocycles. The number of methoxy groups -OCH3 is 1. The Balaban J connectivity index is 1.75. The first kappa shape index (κ1) is 15.1. The fourth-order valence-corrected chi connectivity index (χ4v) is 2.05. The molecule has 0 bridgehead atoms. The Bertz CT molecular complexity index is 794. The molecule has 3 rings (SSSR count). The molecule has 6 nitrogen and oxygen atoms in total. The molecule has 0 amide bonds. The van der Waals surface area contributed by atoms with Gasteiger partial charge in [-0.3, -0.25) is 0 Å². The molecule has 1 heterocycles. The van der Waals surface area contributed by atoms with Crippen LogP contribution < -0.4 is 15.4 Å². The second-order valence-electron chi connectivity index (χ2n) is 4.65. The Hall–Kier alpha value is -2.86. The number of hydrogen-bond acceptors (Lipinski definition) is 6. The highest BCUT2D eigenvalue weighted by Crippen LogP contribution is 2.21. The molecule has 0 saturated heterocycles. The Morgan fingerprint density at radius 1 is 1.00 bits per heavy atom. The van der Waals surface area contributed by atoms with E-state index in [4.69, 9.17) is 16.3 Å². The van der Waals surface area contributed by atoms with Crippen molar-refractivity contribution in [3.8, 4) is 5.75 Å². The Morgan fingerprint density at radius 3 is 2.61 bits per heavy atom. The zero-order chi connectivity index (χ0) is 16.1. The monoisotopic (exact) mass is 327 g/mol. The van der Waals surface area contributed by atoms with Crippen LogP contribution in [0.3, 0.4) is 0 Å². The van der Waals surface area contributed by atoms with Crippen LogP contribution in [-0.4, -0.2) is 22.3 Å². The lowest BCUT2D eigenvalue weighted by Crippen LogP contribution is -2.02. The molecule has 0 aliphatic rings. The van der Waals surface area contributed by atoms with Crippen LogP contribution in [-0.2, 0) is 0 Å². The first-order valence-electron chi connectivity index (χ1n) is 6.86. The van der Waals surface area contributed by atoms with Crippen LogP contribution in [0.15, 0.2) is 54.7 Å². The number of halogens is 1. The molecule has 116 valence electrons. The second kappa shape index (κ2) is 6.93. The van der Waals surface area contributed by atoms with Crippen LogP contribution in [0.2, 0.25) is 5.02 Å². The van der Waals surface area contributed by atoms with Crippen LogP contribution >= 0.6 is 11.6 Å². The van der Waals surface area contributed by atoms with E-state index in [9.17, 15) is 0 Å². The molecular weight excluding hydrogens is 314 g/mol. The smallest absolute Gasteiger partial charge is 0.249 e. The van der Waals surface area contributed by atoms with Crippen molar-refractivity contribution in [1.82, 2.24) is 15.2 Å². The maximum atomic E-state index is 5.87. The summed E-state index contributed by atoms with van der Waals surface area (Å²) in [4.78, 5) is 4.37. The fourth-order valence-electron chi connectivity index (χ4n) is 1.93. The summed E-state index contributed by atoms with van der Waals surface area (Å²) in [5.41, 5.74) is 1.68. The lowest BCUT2D eigenvalue weighted by atomic mass is 10.3. The third kappa shape index (κ3) is 4.08. The third-order valence-corrected chi connectivity index (χ3v) is 3.25. The topological polar surface area (TPSA) is 72.0 Å². The van der Waals surface area contributed by atoms with Gasteiger partial charge >= 0.3 is 0 Å². The molecule has 2 N–H and O–H groups in total. The average molecular weight is 328 g/mol. The van der Waals surface area contributed by atoms with E-state index in [0.717, 1.165) is 17.1 Å². The summed E-state index contributed by atoms with van der Waals surface area (Å²) in [7, 11) is 1.62. The van der Waals surface area contributed by atoms with Crippen molar-refractivity contribution in [2.45, 2.75) is 0 Å². The zero-order valence-electron chi connectivity index (χ0n) is 12.3. The first-order valence-corrected chi connectivity index (χ1v) is 7.24. The van der Waals surface area contributed by atoms with Crippen molar-refractivity contribution >= 4 is 34.7 Å². The molecular formula is C16H14ClN5O.